The summed E-state index contributed by atoms with van der Waals surface area (Å²) in [5.41, 5.74) is 3.76. The van der Waals surface area contributed by atoms with Gasteiger partial charge in [-0.2, -0.15) is 0 Å². The van der Waals surface area contributed by atoms with Crippen molar-refractivity contribution in [1.29, 1.82) is 0 Å². The highest BCUT2D eigenvalue weighted by atomic mass is 16.6. The molecule has 0 N–H and O–H groups in total. The van der Waals surface area contributed by atoms with Crippen LogP contribution in [0, 0.1) is 13.8 Å². The highest BCUT2D eigenvalue weighted by Crippen LogP contribution is 2.17. The van der Waals surface area contributed by atoms with Gasteiger partial charge in [0.15, 0.2) is 11.6 Å². The van der Waals surface area contributed by atoms with Crippen molar-refractivity contribution in [3.8, 4) is 0 Å². The Morgan fingerprint density at radius 3 is 2.50 bits per heavy atom. The average molecular weight is 215 g/mol. The molecule has 0 atom stereocenters. The molecule has 82 valence electrons. The van der Waals surface area contributed by atoms with Gasteiger partial charge >= 0.3 is 5.97 Å². The molecule has 1 aromatic carbocycles. The molecule has 16 heavy (non-hydrogen) atoms. The number of hydrogen-bond acceptors (Lipinski definition) is 3. The Morgan fingerprint density at radius 1 is 1.19 bits per heavy atom. The number of hydrogen-bond donors (Lipinski definition) is 0. The lowest BCUT2D eigenvalue weighted by Gasteiger charge is -2.00. The molecule has 1 aliphatic rings. The maximum atomic E-state index is 11.3. The van der Waals surface area contributed by atoms with E-state index in [2.05, 4.69) is 11.9 Å². The number of aliphatic imine (C=N–C) groups is 1. The monoisotopic (exact) mass is 215 g/mol. The Morgan fingerprint density at radius 2 is 1.94 bits per heavy atom. The number of aryl methyl sites for hydroxylation is 2. The van der Waals surface area contributed by atoms with E-state index in [0.717, 1.165) is 5.56 Å². The molecular formula is C13H13NO2. The second-order valence-corrected chi connectivity index (χ2v) is 3.89. The van der Waals surface area contributed by atoms with Crippen molar-refractivity contribution in [1.82, 2.24) is 0 Å². The molecule has 0 saturated carbocycles. The van der Waals surface area contributed by atoms with Crippen molar-refractivity contribution in [2.45, 2.75) is 20.8 Å². The molecule has 0 spiro atoms. The first-order valence-corrected chi connectivity index (χ1v) is 5.12. The van der Waals surface area contributed by atoms with Gasteiger partial charge in [-0.1, -0.05) is 18.2 Å². The third kappa shape index (κ3) is 2.03. The topological polar surface area (TPSA) is 38.7 Å². The third-order valence-corrected chi connectivity index (χ3v) is 2.56. The van der Waals surface area contributed by atoms with E-state index in [9.17, 15) is 4.79 Å². The predicted octanol–water partition coefficient (Wildman–Crippen LogP) is 2.62. The molecule has 0 bridgehead atoms. The van der Waals surface area contributed by atoms with Gasteiger partial charge in [0.05, 0.1) is 0 Å². The molecule has 0 radical (unpaired) electrons. The van der Waals surface area contributed by atoms with Gasteiger partial charge < -0.3 is 4.74 Å². The molecule has 0 fully saturated rings. The Hall–Kier alpha value is -1.90. The minimum atomic E-state index is -0.379. The number of esters is 1. The average Bonchev–Trinajstić information content (AvgIpc) is 2.51. The molecule has 0 unspecified atom stereocenters. The van der Waals surface area contributed by atoms with Gasteiger partial charge in [-0.15, -0.1) is 0 Å². The number of cyclic esters (lactones) is 1. The molecule has 0 amide bonds. The second kappa shape index (κ2) is 3.93. The van der Waals surface area contributed by atoms with Crippen LogP contribution in [-0.2, 0) is 9.53 Å². The van der Waals surface area contributed by atoms with Crippen molar-refractivity contribution in [2.75, 3.05) is 0 Å². The first-order chi connectivity index (χ1) is 7.56. The molecule has 0 aliphatic carbocycles. The van der Waals surface area contributed by atoms with Crippen molar-refractivity contribution in [3.05, 3.63) is 40.6 Å². The van der Waals surface area contributed by atoms with E-state index in [0.29, 0.717) is 11.6 Å². The SMILES string of the molecule is CC1=NC(=Cc2ccc(C)c(C)c2)C(=O)O1. The smallest absolute Gasteiger partial charge is 0.363 e. The number of rotatable bonds is 1. The van der Waals surface area contributed by atoms with Crippen molar-refractivity contribution in [2.24, 2.45) is 4.99 Å². The Labute approximate surface area is 94.5 Å². The van der Waals surface area contributed by atoms with Gasteiger partial charge in [0.25, 0.3) is 0 Å². The van der Waals surface area contributed by atoms with E-state index < -0.39 is 0 Å². The zero-order valence-corrected chi connectivity index (χ0v) is 9.57. The molecule has 1 heterocycles. The van der Waals surface area contributed by atoms with Crippen LogP contribution in [0.1, 0.15) is 23.6 Å². The Kier molecular flexibility index (Phi) is 2.60. The normalized spacial score (nSPS) is 17.6. The maximum absolute atomic E-state index is 11.3. The highest BCUT2D eigenvalue weighted by molar-refractivity contribution is 6.06. The van der Waals surface area contributed by atoms with Crippen LogP contribution in [0.15, 0.2) is 28.9 Å². The molecule has 3 heteroatoms. The lowest BCUT2D eigenvalue weighted by atomic mass is 10.1. The third-order valence-electron chi connectivity index (χ3n) is 2.56. The summed E-state index contributed by atoms with van der Waals surface area (Å²) < 4.78 is 4.84. The lowest BCUT2D eigenvalue weighted by Crippen LogP contribution is -1.99. The Balaban J connectivity index is 2.36. The summed E-state index contributed by atoms with van der Waals surface area (Å²) in [5.74, 6) is 0.0239. The van der Waals surface area contributed by atoms with E-state index in [4.69, 9.17) is 4.74 Å². The fourth-order valence-electron chi connectivity index (χ4n) is 1.53. The maximum Gasteiger partial charge on any atom is 0.363 e. The largest absolute Gasteiger partial charge is 0.407 e. The van der Waals surface area contributed by atoms with Crippen LogP contribution < -0.4 is 0 Å². The standard InChI is InChI=1S/C13H13NO2/c1-8-4-5-11(6-9(8)2)7-12-13(15)16-10(3)14-12/h4-7H,1-3H3. The molecular weight excluding hydrogens is 202 g/mol. The van der Waals surface area contributed by atoms with Gasteiger partial charge in [0.2, 0.25) is 0 Å². The summed E-state index contributed by atoms with van der Waals surface area (Å²) in [6.45, 7) is 5.76. The minimum Gasteiger partial charge on any atom is -0.407 e. The van der Waals surface area contributed by atoms with Gasteiger partial charge in [-0.25, -0.2) is 9.79 Å². The fraction of sp³-hybridized carbons (Fsp3) is 0.231. The second-order valence-electron chi connectivity index (χ2n) is 3.89. The number of carbonyl (C=O) groups excluding carboxylic acids is 1. The van der Waals surface area contributed by atoms with Crippen LogP contribution in [0.3, 0.4) is 0 Å². The number of nitrogens with zero attached hydrogens (tertiary/aromatic N) is 1. The van der Waals surface area contributed by atoms with Crippen LogP contribution in [0.4, 0.5) is 0 Å². The number of carbonyl (C=O) groups is 1. The quantitative estimate of drug-likeness (QED) is 0.533. The molecule has 1 aliphatic heterocycles. The van der Waals surface area contributed by atoms with E-state index >= 15 is 0 Å². The van der Waals surface area contributed by atoms with Crippen molar-refractivity contribution >= 4 is 17.9 Å². The molecule has 0 aromatic heterocycles. The van der Waals surface area contributed by atoms with Crippen LogP contribution in [0.25, 0.3) is 6.08 Å². The molecule has 2 rings (SSSR count). The fourth-order valence-corrected chi connectivity index (χ4v) is 1.53. The lowest BCUT2D eigenvalue weighted by molar-refractivity contribution is -0.130. The molecule has 0 saturated heterocycles. The van der Waals surface area contributed by atoms with Crippen molar-refractivity contribution in [3.63, 3.8) is 0 Å². The van der Waals surface area contributed by atoms with Gasteiger partial charge in [0, 0.05) is 6.92 Å². The molecule has 1 aromatic rings. The summed E-state index contributed by atoms with van der Waals surface area (Å²) in [5, 5.41) is 0. The summed E-state index contributed by atoms with van der Waals surface area (Å²) in [7, 11) is 0. The van der Waals surface area contributed by atoms with E-state index in [1.165, 1.54) is 11.1 Å². The summed E-state index contributed by atoms with van der Waals surface area (Å²) in [6, 6.07) is 6.02. The van der Waals surface area contributed by atoms with Gasteiger partial charge in [-0.05, 0) is 36.6 Å². The van der Waals surface area contributed by atoms with Crippen LogP contribution in [0.2, 0.25) is 0 Å². The van der Waals surface area contributed by atoms with Gasteiger partial charge in [0.1, 0.15) is 0 Å². The Bertz CT molecular complexity index is 513. The first-order valence-electron chi connectivity index (χ1n) is 5.12. The number of ether oxygens (including phenoxy) is 1. The molecule has 3 nitrogen and oxygen atoms in total. The first kappa shape index (κ1) is 10.6. The zero-order valence-electron chi connectivity index (χ0n) is 9.57. The van der Waals surface area contributed by atoms with E-state index in [1.807, 2.05) is 25.1 Å². The van der Waals surface area contributed by atoms with Gasteiger partial charge in [-0.3, -0.25) is 0 Å². The van der Waals surface area contributed by atoms with Crippen molar-refractivity contribution < 1.29 is 9.53 Å². The summed E-state index contributed by atoms with van der Waals surface area (Å²) in [4.78, 5) is 15.4. The van der Waals surface area contributed by atoms with Crippen LogP contribution in [-0.4, -0.2) is 11.9 Å². The summed E-state index contributed by atoms with van der Waals surface area (Å²) in [6.07, 6.45) is 1.74. The minimum absolute atomic E-state index is 0.362. The van der Waals surface area contributed by atoms with Crippen LogP contribution >= 0.6 is 0 Å². The van der Waals surface area contributed by atoms with E-state index in [1.54, 1.807) is 13.0 Å². The number of benzene rings is 1. The summed E-state index contributed by atoms with van der Waals surface area (Å²) >= 11 is 0. The highest BCUT2D eigenvalue weighted by Gasteiger charge is 2.19. The van der Waals surface area contributed by atoms with Crippen LogP contribution in [0.5, 0.6) is 0 Å². The predicted molar refractivity (Wildman–Crippen MR) is 63.1 cm³/mol. The van der Waals surface area contributed by atoms with E-state index in [-0.39, 0.29) is 5.97 Å². The zero-order chi connectivity index (χ0) is 11.7.